The first-order valence-corrected chi connectivity index (χ1v) is 7.04. The van der Waals surface area contributed by atoms with Crippen LogP contribution in [0.5, 0.6) is 5.75 Å². The average Bonchev–Trinajstić information content (AvgIpc) is 2.38. The highest BCUT2D eigenvalue weighted by Crippen LogP contribution is 2.22. The number of likely N-dealkylation sites (tertiary alicyclic amines) is 1. The molecule has 1 aliphatic rings. The lowest BCUT2D eigenvalue weighted by molar-refractivity contribution is -0.0499. The average molecular weight is 284 g/mol. The molecule has 0 saturated carbocycles. The van der Waals surface area contributed by atoms with E-state index in [1.807, 2.05) is 6.07 Å². The molecular formula is C15H22F2N2O. The highest BCUT2D eigenvalue weighted by atomic mass is 19.3. The molecule has 1 aromatic rings. The molecule has 0 spiro atoms. The van der Waals surface area contributed by atoms with E-state index in [0.29, 0.717) is 6.04 Å². The number of alkyl halides is 2. The number of benzene rings is 1. The summed E-state index contributed by atoms with van der Waals surface area (Å²) >= 11 is 0. The molecule has 20 heavy (non-hydrogen) atoms. The number of rotatable bonds is 5. The summed E-state index contributed by atoms with van der Waals surface area (Å²) in [6, 6.07) is 7.48. The van der Waals surface area contributed by atoms with E-state index in [9.17, 15) is 8.78 Å². The maximum absolute atomic E-state index is 12.2. The van der Waals surface area contributed by atoms with E-state index in [4.69, 9.17) is 0 Å². The molecule has 0 radical (unpaired) electrons. The smallest absolute Gasteiger partial charge is 0.387 e. The second-order valence-corrected chi connectivity index (χ2v) is 5.44. The quantitative estimate of drug-likeness (QED) is 0.899. The Labute approximate surface area is 118 Å². The Bertz CT molecular complexity index is 428. The number of halogens is 2. The van der Waals surface area contributed by atoms with Crippen molar-refractivity contribution in [1.29, 1.82) is 0 Å². The molecule has 1 aromatic carbocycles. The van der Waals surface area contributed by atoms with E-state index in [0.717, 1.165) is 25.1 Å². The Balaban J connectivity index is 1.96. The van der Waals surface area contributed by atoms with Crippen LogP contribution in [-0.2, 0) is 0 Å². The zero-order chi connectivity index (χ0) is 14.5. The Morgan fingerprint density at radius 1 is 1.40 bits per heavy atom. The number of piperidine rings is 1. The first-order valence-electron chi connectivity index (χ1n) is 7.04. The van der Waals surface area contributed by atoms with Crippen molar-refractivity contribution in [3.8, 4) is 5.75 Å². The van der Waals surface area contributed by atoms with E-state index >= 15 is 0 Å². The van der Waals surface area contributed by atoms with Crippen LogP contribution in [0.4, 0.5) is 8.78 Å². The molecule has 1 heterocycles. The zero-order valence-electron chi connectivity index (χ0n) is 12.0. The van der Waals surface area contributed by atoms with Crippen molar-refractivity contribution >= 4 is 0 Å². The van der Waals surface area contributed by atoms with Gasteiger partial charge in [-0.2, -0.15) is 8.78 Å². The number of hydrogen-bond acceptors (Lipinski definition) is 3. The van der Waals surface area contributed by atoms with Gasteiger partial charge in [-0.25, -0.2) is 0 Å². The SMILES string of the molecule is CC(NC1CCCN(C)C1)c1cccc(OC(F)F)c1. The molecule has 1 fully saturated rings. The molecule has 5 heteroatoms. The van der Waals surface area contributed by atoms with Crippen LogP contribution in [0.3, 0.4) is 0 Å². The maximum atomic E-state index is 12.2. The van der Waals surface area contributed by atoms with Crippen LogP contribution in [0.25, 0.3) is 0 Å². The van der Waals surface area contributed by atoms with Crippen molar-refractivity contribution in [2.45, 2.75) is 38.5 Å². The van der Waals surface area contributed by atoms with Gasteiger partial charge in [0.25, 0.3) is 0 Å². The molecule has 2 atom stereocenters. The molecule has 0 aromatic heterocycles. The summed E-state index contributed by atoms with van der Waals surface area (Å²) < 4.78 is 28.9. The van der Waals surface area contributed by atoms with Crippen LogP contribution in [0.2, 0.25) is 0 Å². The van der Waals surface area contributed by atoms with Gasteiger partial charge in [-0.1, -0.05) is 12.1 Å². The van der Waals surface area contributed by atoms with Gasteiger partial charge >= 0.3 is 6.61 Å². The van der Waals surface area contributed by atoms with Crippen molar-refractivity contribution in [2.75, 3.05) is 20.1 Å². The van der Waals surface area contributed by atoms with Gasteiger partial charge < -0.3 is 15.0 Å². The lowest BCUT2D eigenvalue weighted by Crippen LogP contribution is -2.44. The first-order chi connectivity index (χ1) is 9.54. The first kappa shape index (κ1) is 15.2. The van der Waals surface area contributed by atoms with Crippen LogP contribution < -0.4 is 10.1 Å². The van der Waals surface area contributed by atoms with Gasteiger partial charge in [0.15, 0.2) is 0 Å². The second kappa shape index (κ2) is 6.99. The van der Waals surface area contributed by atoms with Crippen molar-refractivity contribution in [1.82, 2.24) is 10.2 Å². The van der Waals surface area contributed by atoms with E-state index in [1.165, 1.54) is 6.42 Å². The number of hydrogen-bond donors (Lipinski definition) is 1. The molecule has 3 nitrogen and oxygen atoms in total. The summed E-state index contributed by atoms with van der Waals surface area (Å²) in [7, 11) is 2.12. The number of likely N-dealkylation sites (N-methyl/N-ethyl adjacent to an activating group) is 1. The van der Waals surface area contributed by atoms with Crippen LogP contribution in [0, 0.1) is 0 Å². The lowest BCUT2D eigenvalue weighted by Gasteiger charge is -2.32. The fourth-order valence-corrected chi connectivity index (χ4v) is 2.71. The number of nitrogens with one attached hydrogen (secondary N) is 1. The summed E-state index contributed by atoms with van der Waals surface area (Å²) in [6.07, 6.45) is 2.34. The van der Waals surface area contributed by atoms with Crippen LogP contribution in [0.1, 0.15) is 31.4 Å². The molecule has 1 aliphatic heterocycles. The molecule has 0 amide bonds. The van der Waals surface area contributed by atoms with E-state index in [2.05, 4.69) is 28.9 Å². The summed E-state index contributed by atoms with van der Waals surface area (Å²) in [5.41, 5.74) is 0.969. The largest absolute Gasteiger partial charge is 0.435 e. The maximum Gasteiger partial charge on any atom is 0.387 e. The Morgan fingerprint density at radius 3 is 2.90 bits per heavy atom. The fourth-order valence-electron chi connectivity index (χ4n) is 2.71. The van der Waals surface area contributed by atoms with Crippen molar-refractivity contribution in [3.63, 3.8) is 0 Å². The molecule has 112 valence electrons. The minimum Gasteiger partial charge on any atom is -0.435 e. The van der Waals surface area contributed by atoms with E-state index in [-0.39, 0.29) is 11.8 Å². The monoisotopic (exact) mass is 284 g/mol. The van der Waals surface area contributed by atoms with Crippen LogP contribution >= 0.6 is 0 Å². The molecular weight excluding hydrogens is 262 g/mol. The van der Waals surface area contributed by atoms with Gasteiger partial charge in [0.2, 0.25) is 0 Å². The normalized spacial score (nSPS) is 21.9. The van der Waals surface area contributed by atoms with E-state index < -0.39 is 6.61 Å². The Kier molecular flexibility index (Phi) is 5.31. The highest BCUT2D eigenvalue weighted by Gasteiger charge is 2.19. The van der Waals surface area contributed by atoms with Gasteiger partial charge in [-0.15, -0.1) is 0 Å². The Morgan fingerprint density at radius 2 is 2.20 bits per heavy atom. The fraction of sp³-hybridized carbons (Fsp3) is 0.600. The highest BCUT2D eigenvalue weighted by molar-refractivity contribution is 5.30. The Hall–Kier alpha value is -1.20. The van der Waals surface area contributed by atoms with E-state index in [1.54, 1.807) is 18.2 Å². The third-order valence-electron chi connectivity index (χ3n) is 3.69. The van der Waals surface area contributed by atoms with Gasteiger partial charge in [0.05, 0.1) is 0 Å². The predicted molar refractivity (Wildman–Crippen MR) is 75.1 cm³/mol. The molecule has 2 rings (SSSR count). The minimum atomic E-state index is -2.78. The molecule has 2 unspecified atom stereocenters. The molecule has 1 N–H and O–H groups in total. The summed E-state index contributed by atoms with van der Waals surface area (Å²) in [5, 5.41) is 3.56. The number of ether oxygens (including phenoxy) is 1. The van der Waals surface area contributed by atoms with Crippen molar-refractivity contribution < 1.29 is 13.5 Å². The molecule has 1 saturated heterocycles. The minimum absolute atomic E-state index is 0.118. The summed E-state index contributed by atoms with van der Waals surface area (Å²) in [4.78, 5) is 2.31. The van der Waals surface area contributed by atoms with Gasteiger partial charge in [0.1, 0.15) is 5.75 Å². The van der Waals surface area contributed by atoms with Crippen LogP contribution in [-0.4, -0.2) is 37.7 Å². The molecule has 0 aliphatic carbocycles. The van der Waals surface area contributed by atoms with Gasteiger partial charge in [-0.05, 0) is 51.1 Å². The predicted octanol–water partition coefficient (Wildman–Crippen LogP) is 3.03. The summed E-state index contributed by atoms with van der Waals surface area (Å²) in [5.74, 6) is 0.215. The van der Waals surface area contributed by atoms with Gasteiger partial charge in [-0.3, -0.25) is 0 Å². The third kappa shape index (κ3) is 4.42. The number of nitrogens with zero attached hydrogens (tertiary/aromatic N) is 1. The third-order valence-corrected chi connectivity index (χ3v) is 3.69. The standard InChI is InChI=1S/C15H22F2N2O/c1-11(18-13-6-4-8-19(2)10-13)12-5-3-7-14(9-12)20-15(16)17/h3,5,7,9,11,13,15,18H,4,6,8,10H2,1-2H3. The van der Waals surface area contributed by atoms with Crippen molar-refractivity contribution in [3.05, 3.63) is 29.8 Å². The lowest BCUT2D eigenvalue weighted by atomic mass is 10.0. The van der Waals surface area contributed by atoms with Crippen molar-refractivity contribution in [2.24, 2.45) is 0 Å². The summed E-state index contributed by atoms with van der Waals surface area (Å²) in [6.45, 7) is 1.44. The van der Waals surface area contributed by atoms with Crippen LogP contribution in [0.15, 0.2) is 24.3 Å². The topological polar surface area (TPSA) is 24.5 Å². The zero-order valence-corrected chi connectivity index (χ0v) is 12.0. The second-order valence-electron chi connectivity index (χ2n) is 5.44. The molecule has 0 bridgehead atoms. The van der Waals surface area contributed by atoms with Gasteiger partial charge in [0, 0.05) is 18.6 Å².